The van der Waals surface area contributed by atoms with Crippen LogP contribution in [0.5, 0.6) is 5.75 Å². The van der Waals surface area contributed by atoms with Crippen LogP contribution in [-0.2, 0) is 9.53 Å². The Bertz CT molecular complexity index is 552. The molecule has 1 saturated carbocycles. The summed E-state index contributed by atoms with van der Waals surface area (Å²) in [5, 5.41) is 9.18. The third-order valence-electron chi connectivity index (χ3n) is 3.96. The number of carboxylic acid groups (broad SMARTS) is 1. The molecular formula is C16H19NO5. The number of ether oxygens (including phenoxy) is 2. The third kappa shape index (κ3) is 3.39. The zero-order chi connectivity index (χ0) is 15.5. The van der Waals surface area contributed by atoms with Crippen molar-refractivity contribution in [2.45, 2.75) is 18.9 Å². The molecule has 22 heavy (non-hydrogen) atoms. The number of carbonyl (C=O) groups is 2. The summed E-state index contributed by atoms with van der Waals surface area (Å²) in [6, 6.07) is 5.95. The number of carboxylic acids is 1. The van der Waals surface area contributed by atoms with E-state index in [-0.39, 0.29) is 19.1 Å². The monoisotopic (exact) mass is 305 g/mol. The van der Waals surface area contributed by atoms with Crippen molar-refractivity contribution in [1.29, 1.82) is 0 Å². The molecule has 1 atom stereocenters. The van der Waals surface area contributed by atoms with Gasteiger partial charge in [-0.2, -0.15) is 0 Å². The minimum Gasteiger partial charge on any atom is -0.493 e. The van der Waals surface area contributed by atoms with Crippen molar-refractivity contribution in [2.24, 2.45) is 5.92 Å². The molecule has 3 rings (SSSR count). The van der Waals surface area contributed by atoms with E-state index in [4.69, 9.17) is 9.47 Å². The zero-order valence-corrected chi connectivity index (χ0v) is 12.2. The lowest BCUT2D eigenvalue weighted by molar-refractivity contribution is -0.147. The van der Waals surface area contributed by atoms with Gasteiger partial charge in [-0.15, -0.1) is 0 Å². The van der Waals surface area contributed by atoms with E-state index < -0.39 is 12.0 Å². The minimum atomic E-state index is -1.04. The zero-order valence-electron chi connectivity index (χ0n) is 12.2. The van der Waals surface area contributed by atoms with Gasteiger partial charge in [0.1, 0.15) is 5.75 Å². The lowest BCUT2D eigenvalue weighted by Crippen LogP contribution is -2.52. The highest BCUT2D eigenvalue weighted by Gasteiger charge is 2.33. The largest absolute Gasteiger partial charge is 0.493 e. The number of hydrogen-bond acceptors (Lipinski definition) is 4. The maximum absolute atomic E-state index is 12.5. The van der Waals surface area contributed by atoms with Gasteiger partial charge in [0.25, 0.3) is 5.91 Å². The van der Waals surface area contributed by atoms with E-state index in [2.05, 4.69) is 0 Å². The summed E-state index contributed by atoms with van der Waals surface area (Å²) in [6.07, 6.45) is 2.45. The quantitative estimate of drug-likeness (QED) is 0.890. The number of amides is 1. The van der Waals surface area contributed by atoms with Gasteiger partial charge < -0.3 is 19.5 Å². The minimum absolute atomic E-state index is 0.0314. The molecule has 2 aliphatic rings. The van der Waals surface area contributed by atoms with Crippen molar-refractivity contribution in [2.75, 3.05) is 26.4 Å². The van der Waals surface area contributed by atoms with Gasteiger partial charge in [-0.1, -0.05) is 0 Å². The molecule has 1 N–H and O–H groups in total. The summed E-state index contributed by atoms with van der Waals surface area (Å²) in [5.74, 6) is 0.0769. The van der Waals surface area contributed by atoms with Crippen molar-refractivity contribution in [3.05, 3.63) is 29.8 Å². The predicted molar refractivity (Wildman–Crippen MR) is 77.9 cm³/mol. The Balaban J connectivity index is 1.66. The van der Waals surface area contributed by atoms with Crippen LogP contribution in [-0.4, -0.2) is 54.3 Å². The number of hydrogen-bond donors (Lipinski definition) is 1. The van der Waals surface area contributed by atoms with Gasteiger partial charge in [0.2, 0.25) is 0 Å². The first kappa shape index (κ1) is 14.8. The molecule has 0 radical (unpaired) electrons. The molecule has 1 aliphatic carbocycles. The summed E-state index contributed by atoms with van der Waals surface area (Å²) in [7, 11) is 0. The van der Waals surface area contributed by atoms with Crippen LogP contribution in [0.4, 0.5) is 0 Å². The lowest BCUT2D eigenvalue weighted by atomic mass is 10.1. The van der Waals surface area contributed by atoms with Crippen molar-refractivity contribution >= 4 is 11.9 Å². The number of nitrogens with zero attached hydrogens (tertiary/aromatic N) is 1. The van der Waals surface area contributed by atoms with Crippen LogP contribution in [0.25, 0.3) is 0 Å². The standard InChI is InChI=1S/C16H19NO5/c18-15(17-7-8-21-10-14(17)16(19)20)12-3-5-13(6-4-12)22-9-11-1-2-11/h3-6,11,14H,1-2,7-10H2,(H,19,20)/t14-/m1/s1. The van der Waals surface area contributed by atoms with Crippen LogP contribution < -0.4 is 4.74 Å². The van der Waals surface area contributed by atoms with Gasteiger partial charge in [0, 0.05) is 12.1 Å². The van der Waals surface area contributed by atoms with E-state index in [0.717, 1.165) is 12.4 Å². The molecule has 0 spiro atoms. The Morgan fingerprint density at radius 1 is 1.27 bits per heavy atom. The maximum Gasteiger partial charge on any atom is 0.328 e. The van der Waals surface area contributed by atoms with Gasteiger partial charge in [0.05, 0.1) is 19.8 Å². The van der Waals surface area contributed by atoms with Crippen LogP contribution in [0, 0.1) is 5.92 Å². The predicted octanol–water partition coefficient (Wildman–Crippen LogP) is 1.40. The fourth-order valence-electron chi connectivity index (χ4n) is 2.41. The summed E-state index contributed by atoms with van der Waals surface area (Å²) in [5.41, 5.74) is 0.465. The summed E-state index contributed by atoms with van der Waals surface area (Å²) < 4.78 is 10.8. The highest BCUT2D eigenvalue weighted by molar-refractivity contribution is 5.96. The summed E-state index contributed by atoms with van der Waals surface area (Å²) >= 11 is 0. The molecule has 0 bridgehead atoms. The van der Waals surface area contributed by atoms with Crippen LogP contribution in [0.3, 0.4) is 0 Å². The molecule has 1 amide bonds. The number of rotatable bonds is 5. The molecule has 2 fully saturated rings. The second kappa shape index (κ2) is 6.36. The van der Waals surface area contributed by atoms with E-state index in [1.165, 1.54) is 17.7 Å². The Morgan fingerprint density at radius 2 is 2.00 bits per heavy atom. The van der Waals surface area contributed by atoms with Crippen molar-refractivity contribution < 1.29 is 24.2 Å². The SMILES string of the molecule is O=C(O)[C@H]1COCCN1C(=O)c1ccc(OCC2CC2)cc1. The molecule has 1 saturated heterocycles. The third-order valence-corrected chi connectivity index (χ3v) is 3.96. The summed E-state index contributed by atoms with van der Waals surface area (Å²) in [4.78, 5) is 25.0. The van der Waals surface area contributed by atoms with Gasteiger partial charge >= 0.3 is 5.97 Å². The fourth-order valence-corrected chi connectivity index (χ4v) is 2.41. The fraction of sp³-hybridized carbons (Fsp3) is 0.500. The maximum atomic E-state index is 12.5. The molecule has 118 valence electrons. The molecular weight excluding hydrogens is 286 g/mol. The van der Waals surface area contributed by atoms with Gasteiger partial charge in [-0.05, 0) is 43.0 Å². The molecule has 1 aromatic carbocycles. The Labute approximate surface area is 128 Å². The van der Waals surface area contributed by atoms with Crippen LogP contribution in [0.15, 0.2) is 24.3 Å². The number of benzene rings is 1. The molecule has 6 nitrogen and oxygen atoms in total. The molecule has 1 heterocycles. The Hall–Kier alpha value is -2.08. The lowest BCUT2D eigenvalue weighted by Gasteiger charge is -2.32. The molecule has 0 aromatic heterocycles. The molecule has 1 aromatic rings. The average Bonchev–Trinajstić information content (AvgIpc) is 3.37. The molecule has 6 heteroatoms. The second-order valence-electron chi connectivity index (χ2n) is 5.71. The highest BCUT2D eigenvalue weighted by atomic mass is 16.5. The van der Waals surface area contributed by atoms with Gasteiger partial charge in [-0.25, -0.2) is 4.79 Å². The van der Waals surface area contributed by atoms with Gasteiger partial charge in [-0.3, -0.25) is 4.79 Å². The smallest absolute Gasteiger partial charge is 0.328 e. The van der Waals surface area contributed by atoms with E-state index in [9.17, 15) is 14.7 Å². The van der Waals surface area contributed by atoms with E-state index in [1.807, 2.05) is 0 Å². The number of aliphatic carboxylic acids is 1. The van der Waals surface area contributed by atoms with E-state index in [1.54, 1.807) is 24.3 Å². The van der Waals surface area contributed by atoms with Crippen molar-refractivity contribution in [3.8, 4) is 5.75 Å². The van der Waals surface area contributed by atoms with Crippen molar-refractivity contribution in [1.82, 2.24) is 4.90 Å². The van der Waals surface area contributed by atoms with Crippen LogP contribution in [0.2, 0.25) is 0 Å². The van der Waals surface area contributed by atoms with Crippen molar-refractivity contribution in [3.63, 3.8) is 0 Å². The van der Waals surface area contributed by atoms with E-state index >= 15 is 0 Å². The topological polar surface area (TPSA) is 76.1 Å². The Kier molecular flexibility index (Phi) is 4.29. The Morgan fingerprint density at radius 3 is 2.64 bits per heavy atom. The van der Waals surface area contributed by atoms with Crippen LogP contribution >= 0.6 is 0 Å². The van der Waals surface area contributed by atoms with Gasteiger partial charge in [0.15, 0.2) is 6.04 Å². The van der Waals surface area contributed by atoms with E-state index in [0.29, 0.717) is 18.1 Å². The first-order valence-corrected chi connectivity index (χ1v) is 7.49. The molecule has 0 unspecified atom stereocenters. The second-order valence-corrected chi connectivity index (χ2v) is 5.71. The molecule has 1 aliphatic heterocycles. The summed E-state index contributed by atoms with van der Waals surface area (Å²) in [6.45, 7) is 1.40. The first-order valence-electron chi connectivity index (χ1n) is 7.49. The average molecular weight is 305 g/mol. The number of carbonyl (C=O) groups excluding carboxylic acids is 1. The number of morpholine rings is 1. The normalized spacial score (nSPS) is 21.5. The van der Waals surface area contributed by atoms with Crippen LogP contribution in [0.1, 0.15) is 23.2 Å². The first-order chi connectivity index (χ1) is 10.6. The highest BCUT2D eigenvalue weighted by Crippen LogP contribution is 2.29.